The molecule has 1 aromatic carbocycles. The summed E-state index contributed by atoms with van der Waals surface area (Å²) in [7, 11) is 1.71. The van der Waals surface area contributed by atoms with E-state index in [-0.39, 0.29) is 12.1 Å². The summed E-state index contributed by atoms with van der Waals surface area (Å²) in [4.78, 5) is 21.7. The molecule has 1 fully saturated rings. The highest BCUT2D eigenvalue weighted by molar-refractivity contribution is 5.94. The summed E-state index contributed by atoms with van der Waals surface area (Å²) in [5.41, 5.74) is 1.73. The van der Waals surface area contributed by atoms with Gasteiger partial charge in [0.2, 0.25) is 0 Å². The summed E-state index contributed by atoms with van der Waals surface area (Å²) in [6.07, 6.45) is 2.61. The van der Waals surface area contributed by atoms with Gasteiger partial charge in [-0.1, -0.05) is 25.1 Å². The molecule has 156 valence electrons. The van der Waals surface area contributed by atoms with Crippen molar-refractivity contribution < 1.29 is 14.3 Å². The monoisotopic (exact) mass is 397 g/mol. The molecule has 0 N–H and O–H groups in total. The van der Waals surface area contributed by atoms with Gasteiger partial charge in [0.15, 0.2) is 0 Å². The molecule has 29 heavy (non-hydrogen) atoms. The fourth-order valence-electron chi connectivity index (χ4n) is 3.87. The Bertz CT molecular complexity index is 825. The number of ether oxygens (including phenoxy) is 2. The topological polar surface area (TPSA) is 54.9 Å². The van der Waals surface area contributed by atoms with E-state index >= 15 is 0 Å². The Labute approximate surface area is 173 Å². The zero-order chi connectivity index (χ0) is 20.8. The van der Waals surface area contributed by atoms with Crippen molar-refractivity contribution >= 4 is 11.8 Å². The highest BCUT2D eigenvalue weighted by atomic mass is 16.5. The maximum Gasteiger partial charge on any atom is 0.342 e. The number of rotatable bonds is 8. The van der Waals surface area contributed by atoms with Crippen LogP contribution in [0.3, 0.4) is 0 Å². The van der Waals surface area contributed by atoms with Gasteiger partial charge in [0.1, 0.15) is 17.1 Å². The fraction of sp³-hybridized carbons (Fsp3) is 0.478. The van der Waals surface area contributed by atoms with Crippen molar-refractivity contribution in [3.05, 3.63) is 53.7 Å². The first kappa shape index (κ1) is 21.1. The molecule has 0 spiro atoms. The molecule has 1 saturated heterocycles. The number of likely N-dealkylation sites (N-methyl/N-ethyl adjacent to an activating group) is 1. The summed E-state index contributed by atoms with van der Waals surface area (Å²) in [6, 6.07) is 12.1. The Morgan fingerprint density at radius 3 is 2.79 bits per heavy atom. The molecule has 1 atom stereocenters. The number of carbonyl (C=O) groups excluding carboxylic acids is 1. The van der Waals surface area contributed by atoms with Crippen LogP contribution in [0.15, 0.2) is 42.6 Å². The first-order chi connectivity index (χ1) is 14.0. The van der Waals surface area contributed by atoms with Crippen LogP contribution in [0.25, 0.3) is 0 Å². The number of carbonyl (C=O) groups is 1. The van der Waals surface area contributed by atoms with Crippen molar-refractivity contribution in [3.8, 4) is 5.75 Å². The normalized spacial score (nSPS) is 16.5. The van der Waals surface area contributed by atoms with Crippen molar-refractivity contribution in [1.82, 2.24) is 9.88 Å². The van der Waals surface area contributed by atoms with Gasteiger partial charge in [-0.15, -0.1) is 0 Å². The second-order valence-electron chi connectivity index (χ2n) is 7.59. The molecule has 1 aliphatic heterocycles. The summed E-state index contributed by atoms with van der Waals surface area (Å²) in [5, 5.41) is 0. The zero-order valence-electron chi connectivity index (χ0n) is 17.8. The van der Waals surface area contributed by atoms with E-state index in [1.54, 1.807) is 25.4 Å². The van der Waals surface area contributed by atoms with Crippen molar-refractivity contribution in [2.24, 2.45) is 0 Å². The molecule has 2 aromatic rings. The molecule has 0 saturated carbocycles. The molecule has 0 bridgehead atoms. The first-order valence-corrected chi connectivity index (χ1v) is 10.3. The number of nitrogens with zero attached hydrogens (tertiary/aromatic N) is 3. The van der Waals surface area contributed by atoms with Crippen LogP contribution in [-0.4, -0.2) is 54.7 Å². The van der Waals surface area contributed by atoms with Gasteiger partial charge < -0.3 is 14.4 Å². The highest BCUT2D eigenvalue weighted by Gasteiger charge is 2.30. The van der Waals surface area contributed by atoms with Crippen molar-refractivity contribution in [2.75, 3.05) is 31.6 Å². The van der Waals surface area contributed by atoms with E-state index in [0.29, 0.717) is 17.4 Å². The Morgan fingerprint density at radius 2 is 2.07 bits per heavy atom. The molecule has 2 heterocycles. The summed E-state index contributed by atoms with van der Waals surface area (Å²) >= 11 is 0. The molecular formula is C23H31N3O3. The second-order valence-corrected chi connectivity index (χ2v) is 7.59. The van der Waals surface area contributed by atoms with Crippen molar-refractivity contribution in [2.45, 2.75) is 45.9 Å². The lowest BCUT2D eigenvalue weighted by atomic mass is 10.1. The number of benzene rings is 1. The molecule has 6 heteroatoms. The molecule has 1 aliphatic rings. The standard InChI is InChI=1S/C23H31N3O3/c1-5-25(15-18-9-6-7-11-21(18)28-4)19-12-14-26(16-19)22-20(10-8-13-24-22)23(27)29-17(2)3/h6-11,13,17,19H,5,12,14-16H2,1-4H3/t19-/m1/s1. The lowest BCUT2D eigenvalue weighted by Gasteiger charge is -2.28. The van der Waals surface area contributed by atoms with Gasteiger partial charge in [-0.2, -0.15) is 0 Å². The number of para-hydroxylation sites is 1. The van der Waals surface area contributed by atoms with Crippen LogP contribution in [0.5, 0.6) is 5.75 Å². The average molecular weight is 398 g/mol. The van der Waals surface area contributed by atoms with E-state index in [0.717, 1.165) is 38.3 Å². The fourth-order valence-corrected chi connectivity index (χ4v) is 3.87. The third-order valence-electron chi connectivity index (χ3n) is 5.30. The van der Waals surface area contributed by atoms with Crippen LogP contribution in [0.4, 0.5) is 5.82 Å². The van der Waals surface area contributed by atoms with E-state index in [1.165, 1.54) is 5.56 Å². The van der Waals surface area contributed by atoms with Crippen molar-refractivity contribution in [3.63, 3.8) is 0 Å². The quantitative estimate of drug-likeness (QED) is 0.632. The van der Waals surface area contributed by atoms with E-state index < -0.39 is 0 Å². The molecule has 6 nitrogen and oxygen atoms in total. The minimum Gasteiger partial charge on any atom is -0.496 e. The number of aromatic nitrogens is 1. The summed E-state index contributed by atoms with van der Waals surface area (Å²) in [5.74, 6) is 1.33. The van der Waals surface area contributed by atoms with E-state index in [4.69, 9.17) is 9.47 Å². The first-order valence-electron chi connectivity index (χ1n) is 10.3. The van der Waals surface area contributed by atoms with Gasteiger partial charge in [-0.25, -0.2) is 9.78 Å². The second kappa shape index (κ2) is 9.74. The van der Waals surface area contributed by atoms with Crippen LogP contribution in [0.2, 0.25) is 0 Å². The van der Waals surface area contributed by atoms with Gasteiger partial charge >= 0.3 is 5.97 Å². The summed E-state index contributed by atoms with van der Waals surface area (Å²) < 4.78 is 10.9. The van der Waals surface area contributed by atoms with Crippen LogP contribution in [0, 0.1) is 0 Å². The van der Waals surface area contributed by atoms with Crippen LogP contribution >= 0.6 is 0 Å². The number of methoxy groups -OCH3 is 1. The van der Waals surface area contributed by atoms with E-state index in [1.807, 2.05) is 32.0 Å². The SMILES string of the molecule is CCN(Cc1ccccc1OC)[C@@H]1CCN(c2ncccc2C(=O)OC(C)C)C1. The summed E-state index contributed by atoms with van der Waals surface area (Å²) in [6.45, 7) is 9.39. The smallest absolute Gasteiger partial charge is 0.342 e. The number of hydrogen-bond donors (Lipinski definition) is 0. The number of anilines is 1. The van der Waals surface area contributed by atoms with Gasteiger partial charge in [-0.05, 0) is 45.0 Å². The highest BCUT2D eigenvalue weighted by Crippen LogP contribution is 2.27. The predicted octanol–water partition coefficient (Wildman–Crippen LogP) is 3.76. The minimum atomic E-state index is -0.312. The van der Waals surface area contributed by atoms with Crippen molar-refractivity contribution in [1.29, 1.82) is 0 Å². The lowest BCUT2D eigenvalue weighted by Crippen LogP contribution is -2.37. The molecular weight excluding hydrogens is 366 g/mol. The van der Waals surface area contributed by atoms with E-state index in [9.17, 15) is 4.79 Å². The molecule has 0 radical (unpaired) electrons. The van der Waals surface area contributed by atoms with Crippen LogP contribution < -0.4 is 9.64 Å². The third-order valence-corrected chi connectivity index (χ3v) is 5.30. The number of pyridine rings is 1. The Kier molecular flexibility index (Phi) is 7.09. The Hall–Kier alpha value is -2.60. The lowest BCUT2D eigenvalue weighted by molar-refractivity contribution is 0.0378. The largest absolute Gasteiger partial charge is 0.496 e. The third kappa shape index (κ3) is 5.07. The van der Waals surface area contributed by atoms with Gasteiger partial charge in [0, 0.05) is 37.4 Å². The minimum absolute atomic E-state index is 0.154. The van der Waals surface area contributed by atoms with Gasteiger partial charge in [0.05, 0.1) is 13.2 Å². The molecule has 0 aliphatic carbocycles. The molecule has 0 amide bonds. The molecule has 3 rings (SSSR count). The van der Waals surface area contributed by atoms with Crippen LogP contribution in [0.1, 0.15) is 43.1 Å². The average Bonchev–Trinajstić information content (AvgIpc) is 3.21. The zero-order valence-corrected chi connectivity index (χ0v) is 17.8. The van der Waals surface area contributed by atoms with Crippen LogP contribution in [-0.2, 0) is 11.3 Å². The van der Waals surface area contributed by atoms with Gasteiger partial charge in [-0.3, -0.25) is 4.90 Å². The molecule has 0 unspecified atom stereocenters. The Morgan fingerprint density at radius 1 is 1.28 bits per heavy atom. The maximum atomic E-state index is 12.5. The maximum absolute atomic E-state index is 12.5. The number of esters is 1. The van der Waals surface area contributed by atoms with E-state index in [2.05, 4.69) is 27.8 Å². The van der Waals surface area contributed by atoms with Gasteiger partial charge in [0.25, 0.3) is 0 Å². The number of hydrogen-bond acceptors (Lipinski definition) is 6. The Balaban J connectivity index is 1.73. The molecule has 1 aromatic heterocycles. The predicted molar refractivity (Wildman–Crippen MR) is 114 cm³/mol.